The Morgan fingerprint density at radius 3 is 2.67 bits per heavy atom. The minimum atomic E-state index is -0.318. The van der Waals surface area contributed by atoms with Gasteiger partial charge in [0.2, 0.25) is 0 Å². The second-order valence-corrected chi connectivity index (χ2v) is 8.52. The molecule has 2 saturated heterocycles. The third-order valence-electron chi connectivity index (χ3n) is 6.30. The van der Waals surface area contributed by atoms with Crippen molar-refractivity contribution in [2.45, 2.75) is 18.9 Å². The van der Waals surface area contributed by atoms with E-state index in [4.69, 9.17) is 4.74 Å². The molecule has 2 atom stereocenters. The van der Waals surface area contributed by atoms with Crippen LogP contribution in [-0.2, 0) is 11.3 Å². The zero-order valence-corrected chi connectivity index (χ0v) is 18.6. The Bertz CT molecular complexity index is 1040. The zero-order chi connectivity index (χ0) is 22.6. The van der Waals surface area contributed by atoms with Crippen LogP contribution in [0, 0.1) is 0 Å². The van der Waals surface area contributed by atoms with Gasteiger partial charge in [0.25, 0.3) is 0 Å². The smallest absolute Gasteiger partial charge is 0.167 e. The molecule has 2 N–H and O–H groups in total. The molecule has 0 bridgehead atoms. The van der Waals surface area contributed by atoms with Crippen LogP contribution in [0.15, 0.2) is 37.2 Å². The Morgan fingerprint density at radius 1 is 1.03 bits per heavy atom. The van der Waals surface area contributed by atoms with E-state index in [0.717, 1.165) is 55.3 Å². The molecule has 11 heteroatoms. The predicted octanol–water partition coefficient (Wildman–Crippen LogP) is -0.272. The number of aliphatic hydroxyl groups is 2. The van der Waals surface area contributed by atoms with Crippen LogP contribution >= 0.6 is 0 Å². The molecule has 2 fully saturated rings. The normalized spacial score (nSPS) is 22.8. The molecule has 0 unspecified atom stereocenters. The summed E-state index contributed by atoms with van der Waals surface area (Å²) in [5.41, 5.74) is 2.60. The van der Waals surface area contributed by atoms with Crippen molar-refractivity contribution in [3.63, 3.8) is 0 Å². The number of fused-ring (bicyclic) bond motifs is 1. The van der Waals surface area contributed by atoms with Gasteiger partial charge in [-0.2, -0.15) is 0 Å². The number of pyridine rings is 1. The number of hydrogen-bond acceptors (Lipinski definition) is 10. The fourth-order valence-electron chi connectivity index (χ4n) is 4.63. The van der Waals surface area contributed by atoms with Crippen molar-refractivity contribution in [1.82, 2.24) is 34.3 Å². The molecule has 5 heterocycles. The lowest BCUT2D eigenvalue weighted by atomic mass is 10.2. The van der Waals surface area contributed by atoms with Crippen LogP contribution in [0.2, 0.25) is 0 Å². The molecule has 3 aromatic heterocycles. The standard InChI is InChI=1S/C22H30N8O3/c31-9-8-27-4-6-29(7-5-27)21-20-22(25-15-24-21)30(16-26-20)19-13-28(12-18(14-32)33-19)11-17-2-1-3-23-10-17/h1-3,10,15-16,18-19,31-32H,4-9,11-14H2/t18-,19+/m0/s1. The van der Waals surface area contributed by atoms with Crippen molar-refractivity contribution in [3.8, 4) is 0 Å². The van der Waals surface area contributed by atoms with E-state index in [1.165, 1.54) is 0 Å². The number of imidazole rings is 1. The van der Waals surface area contributed by atoms with Gasteiger partial charge in [0.1, 0.15) is 12.6 Å². The lowest BCUT2D eigenvalue weighted by Crippen LogP contribution is -2.47. The van der Waals surface area contributed by atoms with Gasteiger partial charge in [0, 0.05) is 64.8 Å². The average Bonchev–Trinajstić information content (AvgIpc) is 3.30. The van der Waals surface area contributed by atoms with Crippen LogP contribution in [-0.4, -0.2) is 110 Å². The molecule has 11 nitrogen and oxygen atoms in total. The first-order valence-corrected chi connectivity index (χ1v) is 11.4. The maximum Gasteiger partial charge on any atom is 0.167 e. The number of ether oxygens (including phenoxy) is 1. The van der Waals surface area contributed by atoms with Crippen LogP contribution in [0.4, 0.5) is 5.82 Å². The number of rotatable bonds is 7. The van der Waals surface area contributed by atoms with Gasteiger partial charge in [-0.3, -0.25) is 19.4 Å². The molecule has 3 aromatic rings. The zero-order valence-electron chi connectivity index (χ0n) is 18.6. The highest BCUT2D eigenvalue weighted by Gasteiger charge is 2.31. The van der Waals surface area contributed by atoms with E-state index < -0.39 is 0 Å². The number of hydrogen-bond donors (Lipinski definition) is 2. The largest absolute Gasteiger partial charge is 0.395 e. The number of piperazine rings is 1. The first kappa shape index (κ1) is 22.1. The van der Waals surface area contributed by atoms with Crippen molar-refractivity contribution >= 4 is 17.0 Å². The van der Waals surface area contributed by atoms with Gasteiger partial charge < -0.3 is 19.8 Å². The lowest BCUT2D eigenvalue weighted by Gasteiger charge is -2.38. The van der Waals surface area contributed by atoms with Gasteiger partial charge >= 0.3 is 0 Å². The fourth-order valence-corrected chi connectivity index (χ4v) is 4.63. The van der Waals surface area contributed by atoms with Gasteiger partial charge in [-0.25, -0.2) is 15.0 Å². The van der Waals surface area contributed by atoms with Crippen LogP contribution < -0.4 is 4.90 Å². The third kappa shape index (κ3) is 4.82. The quantitative estimate of drug-likeness (QED) is 0.494. The van der Waals surface area contributed by atoms with Crippen molar-refractivity contribution in [2.24, 2.45) is 0 Å². The molecule has 0 aliphatic carbocycles. The highest BCUT2D eigenvalue weighted by atomic mass is 16.5. The van der Waals surface area contributed by atoms with Crippen molar-refractivity contribution in [1.29, 1.82) is 0 Å². The van der Waals surface area contributed by atoms with Crippen LogP contribution in [0.25, 0.3) is 11.2 Å². The van der Waals surface area contributed by atoms with Crippen LogP contribution in [0.3, 0.4) is 0 Å². The van der Waals surface area contributed by atoms with Crippen molar-refractivity contribution in [3.05, 3.63) is 42.7 Å². The highest BCUT2D eigenvalue weighted by molar-refractivity contribution is 5.83. The summed E-state index contributed by atoms with van der Waals surface area (Å²) in [5, 5.41) is 19.0. The molecule has 0 aromatic carbocycles. The summed E-state index contributed by atoms with van der Waals surface area (Å²) in [6.45, 7) is 6.25. The number of aromatic nitrogens is 5. The summed E-state index contributed by atoms with van der Waals surface area (Å²) < 4.78 is 8.14. The molecule has 176 valence electrons. The number of aliphatic hydroxyl groups excluding tert-OH is 2. The first-order valence-electron chi connectivity index (χ1n) is 11.4. The van der Waals surface area contributed by atoms with E-state index in [9.17, 15) is 10.2 Å². The van der Waals surface area contributed by atoms with Crippen LogP contribution in [0.5, 0.6) is 0 Å². The molecule has 2 aliphatic rings. The number of morpholine rings is 1. The fraction of sp³-hybridized carbons (Fsp3) is 0.545. The monoisotopic (exact) mass is 454 g/mol. The van der Waals surface area contributed by atoms with E-state index in [2.05, 4.69) is 40.7 Å². The van der Waals surface area contributed by atoms with E-state index >= 15 is 0 Å². The van der Waals surface area contributed by atoms with E-state index in [-0.39, 0.29) is 25.5 Å². The van der Waals surface area contributed by atoms with Crippen molar-refractivity contribution < 1.29 is 14.9 Å². The summed E-state index contributed by atoms with van der Waals surface area (Å²) in [6.07, 6.45) is 6.36. The molecular weight excluding hydrogens is 424 g/mol. The molecular formula is C22H30N8O3. The Hall–Kier alpha value is -2.70. The third-order valence-corrected chi connectivity index (χ3v) is 6.30. The van der Waals surface area contributed by atoms with Gasteiger partial charge in [-0.1, -0.05) is 6.07 Å². The Kier molecular flexibility index (Phi) is 6.74. The second kappa shape index (κ2) is 10.1. The van der Waals surface area contributed by atoms with E-state index in [1.54, 1.807) is 18.9 Å². The number of anilines is 1. The minimum absolute atomic E-state index is 0.0506. The van der Waals surface area contributed by atoms with Gasteiger partial charge in [-0.15, -0.1) is 0 Å². The summed E-state index contributed by atoms with van der Waals surface area (Å²) in [7, 11) is 0. The maximum absolute atomic E-state index is 9.84. The summed E-state index contributed by atoms with van der Waals surface area (Å²) in [6, 6.07) is 3.99. The molecule has 0 spiro atoms. The first-order chi connectivity index (χ1) is 16.2. The van der Waals surface area contributed by atoms with E-state index in [0.29, 0.717) is 19.6 Å². The van der Waals surface area contributed by atoms with Gasteiger partial charge in [0.15, 0.2) is 17.0 Å². The Balaban J connectivity index is 1.36. The summed E-state index contributed by atoms with van der Waals surface area (Å²) in [4.78, 5) is 24.7. The summed E-state index contributed by atoms with van der Waals surface area (Å²) >= 11 is 0. The predicted molar refractivity (Wildman–Crippen MR) is 122 cm³/mol. The molecule has 5 rings (SSSR count). The molecule has 0 saturated carbocycles. The maximum atomic E-state index is 9.84. The average molecular weight is 455 g/mol. The van der Waals surface area contributed by atoms with Gasteiger partial charge in [0.05, 0.1) is 25.6 Å². The van der Waals surface area contributed by atoms with Gasteiger partial charge in [-0.05, 0) is 11.6 Å². The van der Waals surface area contributed by atoms with E-state index in [1.807, 2.05) is 16.8 Å². The molecule has 0 radical (unpaired) electrons. The summed E-state index contributed by atoms with van der Waals surface area (Å²) in [5.74, 6) is 0.823. The molecule has 2 aliphatic heterocycles. The highest BCUT2D eigenvalue weighted by Crippen LogP contribution is 2.28. The molecule has 33 heavy (non-hydrogen) atoms. The second-order valence-electron chi connectivity index (χ2n) is 8.52. The Morgan fingerprint density at radius 2 is 1.91 bits per heavy atom. The Labute approximate surface area is 192 Å². The number of β-amino-alcohol motifs (C(OH)–C–C–N with tert-alkyl or cyclic N) is 1. The molecule has 0 amide bonds. The number of nitrogens with zero attached hydrogens (tertiary/aromatic N) is 8. The minimum Gasteiger partial charge on any atom is -0.395 e. The lowest BCUT2D eigenvalue weighted by molar-refractivity contribution is -0.135. The SMILES string of the molecule is OCCN1CCN(c2ncnc3c2ncn3[C@H]2CN(Cc3cccnc3)C[C@@H](CO)O2)CC1. The topological polar surface area (TPSA) is 116 Å². The van der Waals surface area contributed by atoms with Crippen LogP contribution in [0.1, 0.15) is 11.8 Å². The van der Waals surface area contributed by atoms with Crippen molar-refractivity contribution in [2.75, 3.05) is 63.9 Å².